The number of hydrogen-bond donors (Lipinski definition) is 5. The first kappa shape index (κ1) is 26.3. The van der Waals surface area contributed by atoms with Crippen molar-refractivity contribution in [2.75, 3.05) is 6.61 Å². The second-order valence-electron chi connectivity index (χ2n) is 8.48. The fourth-order valence-corrected chi connectivity index (χ4v) is 3.68. The summed E-state index contributed by atoms with van der Waals surface area (Å²) in [5.41, 5.74) is 0. The number of carbonyl (C=O) groups excluding carboxylic acids is 1. The molecule has 2 unspecified atom stereocenters. The number of unbranched alkanes of at least 4 members (excludes halogenated alkanes) is 9. The monoisotopic (exact) mass is 444 g/mol. The molecular formula is C24H45NO6. The summed E-state index contributed by atoms with van der Waals surface area (Å²) in [7, 11) is 0. The molecule has 0 aromatic heterocycles. The molecule has 0 aliphatic carbocycles. The summed E-state index contributed by atoms with van der Waals surface area (Å²) in [4.78, 5) is 12.1. The number of aliphatic hydroxyl groups is 4. The average molecular weight is 445 g/mol. The van der Waals surface area contributed by atoms with Crippen LogP contribution in [0.2, 0.25) is 0 Å². The Bertz CT molecular complexity index is 519. The predicted molar refractivity (Wildman–Crippen MR) is 121 cm³/mol. The molecule has 6 atom stereocenters. The molecule has 1 amide bonds. The van der Waals surface area contributed by atoms with E-state index in [0.717, 1.165) is 32.1 Å². The Kier molecular flexibility index (Phi) is 14.9. The zero-order chi connectivity index (χ0) is 23.8. The molecule has 1 saturated heterocycles. The first-order valence-corrected chi connectivity index (χ1v) is 12.1. The minimum absolute atomic E-state index is 0.0345. The lowest BCUT2D eigenvalue weighted by Crippen LogP contribution is -2.63. The molecule has 0 aromatic rings. The van der Waals surface area contributed by atoms with Crippen molar-refractivity contribution in [2.45, 2.75) is 127 Å². The minimum atomic E-state index is -1.53. The van der Waals surface area contributed by atoms with Crippen molar-refractivity contribution in [2.24, 2.45) is 0 Å². The van der Waals surface area contributed by atoms with E-state index in [1.54, 1.807) is 0 Å². The van der Waals surface area contributed by atoms with Crippen LogP contribution in [0.3, 0.4) is 0 Å². The molecule has 1 aliphatic heterocycles. The Morgan fingerprint density at radius 1 is 0.903 bits per heavy atom. The van der Waals surface area contributed by atoms with Gasteiger partial charge in [-0.1, -0.05) is 70.4 Å². The number of hydrogen-bond acceptors (Lipinski definition) is 6. The third kappa shape index (κ3) is 12.0. The summed E-state index contributed by atoms with van der Waals surface area (Å²) in [6.45, 7) is 1.68. The van der Waals surface area contributed by atoms with Crippen molar-refractivity contribution in [3.05, 3.63) is 12.2 Å². The molecule has 31 heavy (non-hydrogen) atoms. The number of allylic oxidation sites excluding steroid dienone is 2. The van der Waals surface area contributed by atoms with Crippen LogP contribution in [0.15, 0.2) is 12.2 Å². The normalized spacial score (nSPS) is 27.9. The molecule has 1 aliphatic rings. The number of nitrogens with one attached hydrogen (secondary N) is 1. The number of carbonyl (C=O) groups is 1. The van der Waals surface area contributed by atoms with Gasteiger partial charge in [0.2, 0.25) is 5.91 Å². The van der Waals surface area contributed by atoms with Crippen molar-refractivity contribution >= 4 is 5.91 Å². The molecule has 0 spiro atoms. The van der Waals surface area contributed by atoms with Crippen molar-refractivity contribution in [3.63, 3.8) is 0 Å². The zero-order valence-corrected chi connectivity index (χ0v) is 19.1. The van der Waals surface area contributed by atoms with Crippen molar-refractivity contribution < 1.29 is 31.3 Å². The Hall–Kier alpha value is -0.990. The average Bonchev–Trinajstić information content (AvgIpc) is 2.77. The number of amides is 1. The van der Waals surface area contributed by atoms with Crippen LogP contribution in [0.5, 0.6) is 0 Å². The van der Waals surface area contributed by atoms with E-state index >= 15 is 0 Å². The maximum absolute atomic E-state index is 12.1. The molecule has 1 fully saturated rings. The molecular weight excluding hydrogens is 398 g/mol. The Labute approximate surface area is 189 Å². The third-order valence-electron chi connectivity index (χ3n) is 5.70. The quantitative estimate of drug-likeness (QED) is 0.174. The molecule has 5 N–H and O–H groups in total. The van der Waals surface area contributed by atoms with Gasteiger partial charge in [-0.3, -0.25) is 4.79 Å². The summed E-state index contributed by atoms with van der Waals surface area (Å²) in [5, 5.41) is 41.1. The van der Waals surface area contributed by atoms with Crippen LogP contribution in [0.1, 0.15) is 98.2 Å². The van der Waals surface area contributed by atoms with E-state index < -0.39 is 49.6 Å². The van der Waals surface area contributed by atoms with E-state index in [9.17, 15) is 25.2 Å². The summed E-state index contributed by atoms with van der Waals surface area (Å²) in [6, 6.07) is 0. The van der Waals surface area contributed by atoms with Crippen LogP contribution in [-0.2, 0) is 9.53 Å². The number of aliphatic hydroxyl groups excluding tert-OH is 4. The molecule has 0 bridgehead atoms. The SMILES string of the molecule is [2H]C(CCCCC/C=C\CCCCCCCC)CC(=O)NC1O[C@H](CO)[C@@H](O)[C@H](O)[C@H]1O. The minimum Gasteiger partial charge on any atom is -0.394 e. The standard InChI is InChI=1S/C24H45NO6/c1-2-3-4-5-6-7-8-9-10-11-12-13-14-15-16-17-20(27)25-24-23(30)22(29)21(28)19(18-26)31-24/h9-10,19,21-24,26,28-30H,2-8,11-18H2,1H3,(H,25,27)/b10-9-/t19-,21-,22+,23-,24?/m1/s1/i16D/t16?,19-,21-,22+,23-,24?. The molecule has 0 saturated carbocycles. The van der Waals surface area contributed by atoms with Gasteiger partial charge >= 0.3 is 0 Å². The van der Waals surface area contributed by atoms with Gasteiger partial charge in [-0.25, -0.2) is 0 Å². The van der Waals surface area contributed by atoms with Crippen molar-refractivity contribution in [3.8, 4) is 0 Å². The smallest absolute Gasteiger partial charge is 0.222 e. The number of rotatable bonds is 17. The van der Waals surface area contributed by atoms with E-state index in [2.05, 4.69) is 24.4 Å². The highest BCUT2D eigenvalue weighted by Gasteiger charge is 2.43. The lowest BCUT2D eigenvalue weighted by molar-refractivity contribution is -0.236. The van der Waals surface area contributed by atoms with Gasteiger partial charge in [-0.15, -0.1) is 0 Å². The van der Waals surface area contributed by atoms with Gasteiger partial charge in [0.05, 0.1) is 6.61 Å². The first-order chi connectivity index (χ1) is 15.4. The highest BCUT2D eigenvalue weighted by Crippen LogP contribution is 2.20. The summed E-state index contributed by atoms with van der Waals surface area (Å²) in [6.07, 6.45) is 10.9. The van der Waals surface area contributed by atoms with Crippen LogP contribution >= 0.6 is 0 Å². The van der Waals surface area contributed by atoms with Crippen molar-refractivity contribution in [1.82, 2.24) is 5.32 Å². The fraction of sp³-hybridized carbons (Fsp3) is 0.875. The molecule has 1 rings (SSSR count). The lowest BCUT2D eigenvalue weighted by atomic mass is 9.98. The summed E-state index contributed by atoms with van der Waals surface area (Å²) >= 11 is 0. The van der Waals surface area contributed by atoms with Gasteiger partial charge in [0, 0.05) is 7.79 Å². The van der Waals surface area contributed by atoms with E-state index in [1.165, 1.54) is 38.5 Å². The van der Waals surface area contributed by atoms with Crippen LogP contribution in [0, 0.1) is 0 Å². The molecule has 182 valence electrons. The Morgan fingerprint density at radius 3 is 2.10 bits per heavy atom. The second-order valence-corrected chi connectivity index (χ2v) is 8.48. The fourth-order valence-electron chi connectivity index (χ4n) is 3.68. The highest BCUT2D eigenvalue weighted by molar-refractivity contribution is 5.76. The van der Waals surface area contributed by atoms with E-state index in [-0.39, 0.29) is 6.42 Å². The van der Waals surface area contributed by atoms with Crippen molar-refractivity contribution in [1.29, 1.82) is 0 Å². The largest absolute Gasteiger partial charge is 0.394 e. The third-order valence-corrected chi connectivity index (χ3v) is 5.70. The van der Waals surface area contributed by atoms with Gasteiger partial charge in [-0.2, -0.15) is 0 Å². The van der Waals surface area contributed by atoms with Gasteiger partial charge < -0.3 is 30.5 Å². The Morgan fingerprint density at radius 2 is 1.48 bits per heavy atom. The van der Waals surface area contributed by atoms with Crippen LogP contribution < -0.4 is 5.32 Å². The van der Waals surface area contributed by atoms with E-state index in [4.69, 9.17) is 6.11 Å². The molecule has 0 radical (unpaired) electrons. The van der Waals surface area contributed by atoms with Gasteiger partial charge in [0.25, 0.3) is 0 Å². The molecule has 0 aromatic carbocycles. The number of ether oxygens (including phenoxy) is 1. The molecule has 7 nitrogen and oxygen atoms in total. The van der Waals surface area contributed by atoms with Gasteiger partial charge in [-0.05, 0) is 32.1 Å². The maximum atomic E-state index is 12.1. The van der Waals surface area contributed by atoms with Crippen LogP contribution in [-0.4, -0.2) is 63.6 Å². The maximum Gasteiger partial charge on any atom is 0.222 e. The van der Waals surface area contributed by atoms with Gasteiger partial charge in [0.1, 0.15) is 24.4 Å². The van der Waals surface area contributed by atoms with E-state index in [1.807, 2.05) is 0 Å². The molecule has 7 heteroatoms. The summed E-state index contributed by atoms with van der Waals surface area (Å²) in [5.74, 6) is -0.466. The first-order valence-electron chi connectivity index (χ1n) is 12.7. The summed E-state index contributed by atoms with van der Waals surface area (Å²) < 4.78 is 13.3. The Balaban J connectivity index is 2.08. The second kappa shape index (κ2) is 17.6. The van der Waals surface area contributed by atoms with Crippen LogP contribution in [0.4, 0.5) is 0 Å². The van der Waals surface area contributed by atoms with E-state index in [0.29, 0.717) is 6.42 Å². The topological polar surface area (TPSA) is 119 Å². The lowest BCUT2D eigenvalue weighted by Gasteiger charge is -2.40. The highest BCUT2D eigenvalue weighted by atomic mass is 16.6. The molecule has 1 heterocycles. The zero-order valence-electron chi connectivity index (χ0n) is 20.1. The van der Waals surface area contributed by atoms with Gasteiger partial charge in [0.15, 0.2) is 6.23 Å². The van der Waals surface area contributed by atoms with Crippen LogP contribution in [0.25, 0.3) is 0 Å². The predicted octanol–water partition coefficient (Wildman–Crippen LogP) is 2.94.